The molecule has 0 aromatic carbocycles. The molecule has 3 aliphatic carbocycles. The number of aliphatic hydroxyl groups excluding tert-OH is 2. The number of aliphatic hydroxyl groups is 2. The van der Waals surface area contributed by atoms with Gasteiger partial charge in [0.05, 0.1) is 25.7 Å². The maximum atomic E-state index is 10.3. The molecule has 0 bridgehead atoms. The predicted octanol–water partition coefficient (Wildman–Crippen LogP) is 12.8. The molecule has 3 saturated carbocycles. The second-order valence-electron chi connectivity index (χ2n) is 14.6. The minimum Gasteiger partial charge on any atom is -0.432 e. The third-order valence-electron chi connectivity index (χ3n) is 9.66. The van der Waals surface area contributed by atoms with Crippen LogP contribution in [0.4, 0.5) is 0 Å². The fraction of sp³-hybridized carbons (Fsp3) is 0.773. The highest BCUT2D eigenvalue weighted by Crippen LogP contribution is 2.32. The molecule has 292 valence electrons. The van der Waals surface area contributed by atoms with E-state index in [1.165, 1.54) is 173 Å². The third-order valence-corrected chi connectivity index (χ3v) is 9.66. The highest BCUT2D eigenvalue weighted by atomic mass is 16.5. The first kappa shape index (κ1) is 49.9. The van der Waals surface area contributed by atoms with E-state index >= 15 is 0 Å². The van der Waals surface area contributed by atoms with Crippen LogP contribution >= 0.6 is 0 Å². The molecule has 0 aromatic heterocycles. The molecule has 0 spiro atoms. The largest absolute Gasteiger partial charge is 0.432 e. The smallest absolute Gasteiger partial charge is 0.337 e. The van der Waals surface area contributed by atoms with Crippen LogP contribution in [0.2, 0.25) is 0 Å². The zero-order valence-electron chi connectivity index (χ0n) is 32.9. The quantitative estimate of drug-likeness (QED) is 0.162. The molecule has 6 heteroatoms. The molecule has 3 rings (SSSR count). The van der Waals surface area contributed by atoms with E-state index in [4.69, 9.17) is 0 Å². The SMILES string of the molecule is C1CCCCCCCCC1.C1CCCCCCCCC1.C=COC(=O)C(=C)C.C=COC(=O)C(=C)C.OCC1(CO)CCCCCCCCC1. The molecule has 3 aliphatic rings. The molecule has 0 atom stereocenters. The molecule has 3 fully saturated rings. The Hall–Kier alpha value is -2.18. The summed E-state index contributed by atoms with van der Waals surface area (Å²) < 4.78 is 8.66. The van der Waals surface area contributed by atoms with E-state index in [-0.39, 0.29) is 18.6 Å². The first-order valence-electron chi connectivity index (χ1n) is 20.4. The van der Waals surface area contributed by atoms with Gasteiger partial charge in [0, 0.05) is 16.6 Å². The zero-order valence-corrected chi connectivity index (χ0v) is 32.9. The molecule has 0 heterocycles. The van der Waals surface area contributed by atoms with Crippen molar-refractivity contribution >= 4 is 11.9 Å². The van der Waals surface area contributed by atoms with Crippen molar-refractivity contribution in [1.29, 1.82) is 0 Å². The Labute approximate surface area is 309 Å². The van der Waals surface area contributed by atoms with Gasteiger partial charge in [0.15, 0.2) is 0 Å². The average Bonchev–Trinajstić information content (AvgIpc) is 3.13. The number of carbonyl (C=O) groups excluding carboxylic acids is 2. The number of carbonyl (C=O) groups is 2. The van der Waals surface area contributed by atoms with E-state index in [2.05, 4.69) is 35.8 Å². The number of rotatable bonds is 6. The predicted molar refractivity (Wildman–Crippen MR) is 213 cm³/mol. The Morgan fingerprint density at radius 3 is 0.760 bits per heavy atom. The van der Waals surface area contributed by atoms with Gasteiger partial charge in [-0.25, -0.2) is 9.59 Å². The zero-order chi connectivity index (χ0) is 37.6. The first-order chi connectivity index (χ1) is 24.2. The van der Waals surface area contributed by atoms with Crippen LogP contribution in [0.1, 0.15) is 200 Å². The summed E-state index contributed by atoms with van der Waals surface area (Å²) in [4.78, 5) is 20.7. The van der Waals surface area contributed by atoms with Gasteiger partial charge in [0.25, 0.3) is 0 Å². The lowest BCUT2D eigenvalue weighted by Gasteiger charge is -2.30. The normalized spacial score (nSPS) is 18.9. The molecule has 0 amide bonds. The summed E-state index contributed by atoms with van der Waals surface area (Å²) in [6, 6.07) is 0. The number of hydrogen-bond acceptors (Lipinski definition) is 6. The molecule has 0 aliphatic heterocycles. The number of esters is 2. The van der Waals surface area contributed by atoms with Crippen molar-refractivity contribution in [1.82, 2.24) is 0 Å². The molecular weight excluding hydrogens is 624 g/mol. The van der Waals surface area contributed by atoms with Gasteiger partial charge < -0.3 is 19.7 Å². The Kier molecular flexibility index (Phi) is 38.0. The fourth-order valence-electron chi connectivity index (χ4n) is 6.26. The maximum absolute atomic E-state index is 10.3. The minimum atomic E-state index is -0.431. The first-order valence-corrected chi connectivity index (χ1v) is 20.4. The Morgan fingerprint density at radius 2 is 0.640 bits per heavy atom. The lowest BCUT2D eigenvalue weighted by molar-refractivity contribution is -0.134. The van der Waals surface area contributed by atoms with E-state index in [0.717, 1.165) is 25.4 Å². The highest BCUT2D eigenvalue weighted by Gasteiger charge is 2.27. The second-order valence-corrected chi connectivity index (χ2v) is 14.6. The Balaban J connectivity index is 0. The minimum absolute atomic E-state index is 0.156. The maximum Gasteiger partial charge on any atom is 0.337 e. The lowest BCUT2D eigenvalue weighted by atomic mass is 9.78. The van der Waals surface area contributed by atoms with Crippen molar-refractivity contribution in [3.63, 3.8) is 0 Å². The summed E-state index contributed by atoms with van der Waals surface area (Å²) in [6.45, 7) is 16.6. The van der Waals surface area contributed by atoms with Crippen LogP contribution in [0.15, 0.2) is 50.0 Å². The van der Waals surface area contributed by atoms with Crippen LogP contribution in [0.25, 0.3) is 0 Å². The van der Waals surface area contributed by atoms with Gasteiger partial charge in [-0.05, 0) is 26.7 Å². The summed E-state index contributed by atoms with van der Waals surface area (Å²) in [6.07, 6.45) is 43.0. The van der Waals surface area contributed by atoms with Gasteiger partial charge >= 0.3 is 11.9 Å². The summed E-state index contributed by atoms with van der Waals surface area (Å²) in [5, 5.41) is 18.7. The molecule has 0 saturated heterocycles. The van der Waals surface area contributed by atoms with E-state index in [0.29, 0.717) is 11.1 Å². The van der Waals surface area contributed by atoms with Crippen LogP contribution in [0, 0.1) is 5.41 Å². The Bertz CT molecular complexity index is 713. The third kappa shape index (κ3) is 34.3. The lowest BCUT2D eigenvalue weighted by Crippen LogP contribution is -2.30. The van der Waals surface area contributed by atoms with Crippen molar-refractivity contribution in [2.24, 2.45) is 5.41 Å². The molecule has 0 radical (unpaired) electrons. The monoisotopic (exact) mass is 705 g/mol. The van der Waals surface area contributed by atoms with E-state index in [9.17, 15) is 19.8 Å². The van der Waals surface area contributed by atoms with E-state index < -0.39 is 11.9 Å². The topological polar surface area (TPSA) is 93.1 Å². The van der Waals surface area contributed by atoms with Crippen molar-refractivity contribution in [2.75, 3.05) is 13.2 Å². The highest BCUT2D eigenvalue weighted by molar-refractivity contribution is 5.87. The van der Waals surface area contributed by atoms with Crippen LogP contribution < -0.4 is 0 Å². The van der Waals surface area contributed by atoms with Crippen molar-refractivity contribution in [3.8, 4) is 0 Å². The standard InChI is InChI=1S/C12H24O2.2C10H20.2C6H8O2/c13-10-12(11-14)8-6-4-2-1-3-5-7-9-12;2*1-2-4-6-8-10-9-7-5-3-1;2*1-4-8-6(7)5(2)3/h13-14H,1-11H2;2*1-10H2;2*4H,1-2H2,3H3. The summed E-state index contributed by atoms with van der Waals surface area (Å²) in [5.74, 6) is -0.861. The van der Waals surface area contributed by atoms with Gasteiger partial charge in [-0.1, -0.05) is 200 Å². The van der Waals surface area contributed by atoms with Gasteiger partial charge in [-0.3, -0.25) is 0 Å². The van der Waals surface area contributed by atoms with Crippen LogP contribution in [-0.2, 0) is 19.1 Å². The molecular formula is C44H80O6. The van der Waals surface area contributed by atoms with E-state index in [1.54, 1.807) is 13.8 Å². The average molecular weight is 705 g/mol. The Morgan fingerprint density at radius 1 is 0.460 bits per heavy atom. The molecule has 0 aromatic rings. The van der Waals surface area contributed by atoms with Crippen molar-refractivity contribution in [3.05, 3.63) is 50.0 Å². The van der Waals surface area contributed by atoms with Crippen molar-refractivity contribution in [2.45, 2.75) is 200 Å². The summed E-state index contributed by atoms with van der Waals surface area (Å²) >= 11 is 0. The van der Waals surface area contributed by atoms with Gasteiger partial charge in [-0.2, -0.15) is 0 Å². The summed E-state index contributed by atoms with van der Waals surface area (Å²) in [7, 11) is 0. The van der Waals surface area contributed by atoms with Gasteiger partial charge in [0.2, 0.25) is 0 Å². The molecule has 0 unspecified atom stereocenters. The van der Waals surface area contributed by atoms with Crippen LogP contribution in [0.5, 0.6) is 0 Å². The van der Waals surface area contributed by atoms with Crippen molar-refractivity contribution < 1.29 is 29.3 Å². The van der Waals surface area contributed by atoms with Crippen LogP contribution in [-0.4, -0.2) is 35.4 Å². The number of hydrogen-bond donors (Lipinski definition) is 2. The second kappa shape index (κ2) is 38.1. The fourth-order valence-corrected chi connectivity index (χ4v) is 6.26. The molecule has 6 nitrogen and oxygen atoms in total. The van der Waals surface area contributed by atoms with Gasteiger partial charge in [0.1, 0.15) is 0 Å². The van der Waals surface area contributed by atoms with E-state index in [1.807, 2.05) is 0 Å². The van der Waals surface area contributed by atoms with Crippen LogP contribution in [0.3, 0.4) is 0 Å². The summed E-state index contributed by atoms with van der Waals surface area (Å²) in [5.41, 5.74) is 0.590. The molecule has 50 heavy (non-hydrogen) atoms. The molecule has 2 N–H and O–H groups in total. The van der Waals surface area contributed by atoms with Gasteiger partial charge in [-0.15, -0.1) is 0 Å². The number of ether oxygens (including phenoxy) is 2.